The molecule has 0 amide bonds. The average Bonchev–Trinajstić information content (AvgIpc) is 2.68. The van der Waals surface area contributed by atoms with Gasteiger partial charge in [-0.2, -0.15) is 5.26 Å². The molecule has 1 aromatic rings. The van der Waals surface area contributed by atoms with Crippen molar-refractivity contribution in [3.05, 3.63) is 27.8 Å². The summed E-state index contributed by atoms with van der Waals surface area (Å²) in [5.41, 5.74) is -0.267. The molecule has 0 spiro atoms. The van der Waals surface area contributed by atoms with Gasteiger partial charge in [0.15, 0.2) is 18.3 Å². The number of ether oxygens (including phenoxy) is 6. The molecule has 0 saturated carbocycles. The minimum absolute atomic E-state index is 0.0589. The molecule has 0 fully saturated rings. The summed E-state index contributed by atoms with van der Waals surface area (Å²) >= 11 is 0. The smallest absolute Gasteiger partial charge is 0.316 e. The fourth-order valence-corrected chi connectivity index (χ4v) is 2.23. The normalized spacial score (nSPS) is 10.9. The van der Waals surface area contributed by atoms with Gasteiger partial charge in [-0.3, -0.25) is 10.1 Å². The predicted octanol–water partition coefficient (Wildman–Crippen LogP) is 2.24. The van der Waals surface area contributed by atoms with E-state index in [1.165, 1.54) is 34.5 Å². The first-order valence-electron chi connectivity index (χ1n) is 8.09. The van der Waals surface area contributed by atoms with Gasteiger partial charge in [0.05, 0.1) is 29.8 Å². The first-order valence-corrected chi connectivity index (χ1v) is 8.09. The van der Waals surface area contributed by atoms with Crippen LogP contribution in [0, 0.1) is 21.4 Å². The molecular weight excluding hydrogens is 360 g/mol. The highest BCUT2D eigenvalue weighted by atomic mass is 16.7. The quantitative estimate of drug-likeness (QED) is 0.286. The van der Waals surface area contributed by atoms with Gasteiger partial charge in [0.1, 0.15) is 0 Å². The second-order valence-corrected chi connectivity index (χ2v) is 5.27. The van der Waals surface area contributed by atoms with E-state index < -0.39 is 17.5 Å². The summed E-state index contributed by atoms with van der Waals surface area (Å²) in [7, 11) is 5.95. The van der Waals surface area contributed by atoms with Gasteiger partial charge in [0.25, 0.3) is 0 Å². The Balaban J connectivity index is 3.01. The van der Waals surface area contributed by atoms with Gasteiger partial charge < -0.3 is 28.4 Å². The van der Waals surface area contributed by atoms with Gasteiger partial charge in [-0.05, 0) is 0 Å². The molecule has 0 N–H and O–H groups in total. The molecule has 0 aliphatic carbocycles. The number of rotatable bonds is 13. The third-order valence-corrected chi connectivity index (χ3v) is 3.62. The van der Waals surface area contributed by atoms with Crippen molar-refractivity contribution in [2.24, 2.45) is 0 Å². The minimum atomic E-state index is -0.625. The number of hydrogen-bond acceptors (Lipinski definition) is 9. The lowest BCUT2D eigenvalue weighted by Crippen LogP contribution is -2.18. The molecular formula is C17H24N2O8. The Kier molecular flexibility index (Phi) is 10.1. The largest absolute Gasteiger partial charge is 0.489 e. The topological polar surface area (TPSA) is 122 Å². The van der Waals surface area contributed by atoms with Gasteiger partial charge in [0, 0.05) is 53.4 Å². The number of benzene rings is 1. The molecule has 0 aliphatic rings. The molecule has 27 heavy (non-hydrogen) atoms. The van der Waals surface area contributed by atoms with Crippen molar-refractivity contribution in [1.82, 2.24) is 0 Å². The zero-order valence-electron chi connectivity index (χ0n) is 15.8. The summed E-state index contributed by atoms with van der Waals surface area (Å²) < 4.78 is 31.4. The highest BCUT2D eigenvalue weighted by molar-refractivity contribution is 5.60. The molecule has 0 radical (unpaired) electrons. The zero-order chi connectivity index (χ0) is 20.2. The fourth-order valence-electron chi connectivity index (χ4n) is 2.23. The van der Waals surface area contributed by atoms with Crippen LogP contribution in [0.3, 0.4) is 0 Å². The number of nitrogens with zero attached hydrogens (tertiary/aromatic N) is 2. The van der Waals surface area contributed by atoms with E-state index in [1.54, 1.807) is 0 Å². The molecule has 1 rings (SSSR count). The van der Waals surface area contributed by atoms with Crippen LogP contribution >= 0.6 is 0 Å². The zero-order valence-corrected chi connectivity index (χ0v) is 15.8. The summed E-state index contributed by atoms with van der Waals surface area (Å²) in [4.78, 5) is 10.8. The second kappa shape index (κ2) is 12.0. The van der Waals surface area contributed by atoms with Crippen molar-refractivity contribution < 1.29 is 33.3 Å². The van der Waals surface area contributed by atoms with Gasteiger partial charge in [-0.25, -0.2) is 0 Å². The SMILES string of the molecule is COC(CCOc1cc(C#N)cc([N+](=O)[O-])c1OCCC(OC)OC)OC. The van der Waals surface area contributed by atoms with E-state index in [0.29, 0.717) is 12.8 Å². The lowest BCUT2D eigenvalue weighted by atomic mass is 10.2. The van der Waals surface area contributed by atoms with Gasteiger partial charge in [-0.1, -0.05) is 0 Å². The lowest BCUT2D eigenvalue weighted by Gasteiger charge is -2.17. The summed E-state index contributed by atoms with van der Waals surface area (Å²) in [5, 5.41) is 20.5. The van der Waals surface area contributed by atoms with Crippen molar-refractivity contribution in [1.29, 1.82) is 5.26 Å². The number of methoxy groups -OCH3 is 4. The second-order valence-electron chi connectivity index (χ2n) is 5.27. The highest BCUT2D eigenvalue weighted by Gasteiger charge is 2.23. The molecule has 1 aromatic carbocycles. The Labute approximate surface area is 157 Å². The van der Waals surface area contributed by atoms with E-state index in [0.717, 1.165) is 6.07 Å². The van der Waals surface area contributed by atoms with E-state index >= 15 is 0 Å². The summed E-state index contributed by atoms with van der Waals surface area (Å²) in [5.74, 6) is 0.0365. The van der Waals surface area contributed by atoms with Crippen molar-refractivity contribution >= 4 is 5.69 Å². The molecule has 0 atom stereocenters. The summed E-state index contributed by atoms with van der Waals surface area (Å²) in [6.45, 7) is 0.238. The van der Waals surface area contributed by atoms with E-state index in [4.69, 9.17) is 33.7 Å². The molecule has 0 aliphatic heterocycles. The maximum absolute atomic E-state index is 11.4. The van der Waals surface area contributed by atoms with Gasteiger partial charge >= 0.3 is 5.69 Å². The molecule has 0 bridgehead atoms. The van der Waals surface area contributed by atoms with Crippen molar-refractivity contribution in [2.75, 3.05) is 41.7 Å². The number of hydrogen-bond donors (Lipinski definition) is 0. The third kappa shape index (κ3) is 6.99. The van der Waals surface area contributed by atoms with Crippen molar-refractivity contribution in [3.63, 3.8) is 0 Å². The summed E-state index contributed by atoms with van der Waals surface area (Å²) in [6, 6.07) is 4.40. The van der Waals surface area contributed by atoms with Gasteiger partial charge in [-0.15, -0.1) is 0 Å². The van der Waals surface area contributed by atoms with Crippen LogP contribution in [0.25, 0.3) is 0 Å². The first kappa shape index (κ1) is 22.6. The number of nitro groups is 1. The maximum atomic E-state index is 11.4. The van der Waals surface area contributed by atoms with E-state index in [2.05, 4.69) is 0 Å². The maximum Gasteiger partial charge on any atom is 0.316 e. The van der Waals surface area contributed by atoms with Crippen molar-refractivity contribution in [3.8, 4) is 17.6 Å². The molecule has 0 aromatic heterocycles. The minimum Gasteiger partial charge on any atom is -0.489 e. The van der Waals surface area contributed by atoms with Crippen LogP contribution in [-0.4, -0.2) is 59.2 Å². The molecule has 150 valence electrons. The van der Waals surface area contributed by atoms with Crippen LogP contribution in [0.5, 0.6) is 11.5 Å². The molecule has 10 nitrogen and oxygen atoms in total. The number of nitro benzene ring substituents is 1. The Hall–Kier alpha value is -2.45. The van der Waals surface area contributed by atoms with E-state index in [9.17, 15) is 10.1 Å². The van der Waals surface area contributed by atoms with Crippen LogP contribution in [-0.2, 0) is 18.9 Å². The Bertz CT molecular complexity index is 639. The third-order valence-electron chi connectivity index (χ3n) is 3.62. The van der Waals surface area contributed by atoms with Crippen LogP contribution in [0.15, 0.2) is 12.1 Å². The molecule has 0 saturated heterocycles. The lowest BCUT2D eigenvalue weighted by molar-refractivity contribution is -0.386. The van der Waals surface area contributed by atoms with E-state index in [-0.39, 0.29) is 36.0 Å². The van der Waals surface area contributed by atoms with Gasteiger partial charge in [0.2, 0.25) is 5.75 Å². The van der Waals surface area contributed by atoms with Crippen LogP contribution < -0.4 is 9.47 Å². The number of nitriles is 1. The fraction of sp³-hybridized carbons (Fsp3) is 0.588. The highest BCUT2D eigenvalue weighted by Crippen LogP contribution is 2.38. The van der Waals surface area contributed by atoms with Crippen LogP contribution in [0.4, 0.5) is 5.69 Å². The average molecular weight is 384 g/mol. The standard InChI is InChI=1S/C17H24N2O8/c1-22-15(23-2)5-7-26-14-10-12(11-18)9-13(19(20)21)17(14)27-8-6-16(24-3)25-4/h9-10,15-16H,5-8H2,1-4H3. The Morgan fingerprint density at radius 1 is 1.00 bits per heavy atom. The Morgan fingerprint density at radius 2 is 1.52 bits per heavy atom. The van der Waals surface area contributed by atoms with Crippen molar-refractivity contribution in [2.45, 2.75) is 25.4 Å². The molecule has 10 heteroatoms. The monoisotopic (exact) mass is 384 g/mol. The predicted molar refractivity (Wildman–Crippen MR) is 93.6 cm³/mol. The molecule has 0 heterocycles. The first-order chi connectivity index (χ1) is 13.0. The Morgan fingerprint density at radius 3 is 1.96 bits per heavy atom. The van der Waals surface area contributed by atoms with Crippen LogP contribution in [0.1, 0.15) is 18.4 Å². The molecule has 0 unspecified atom stereocenters. The summed E-state index contributed by atoms with van der Waals surface area (Å²) in [6.07, 6.45) is -0.255. The van der Waals surface area contributed by atoms with Crippen LogP contribution in [0.2, 0.25) is 0 Å². The van der Waals surface area contributed by atoms with E-state index in [1.807, 2.05) is 6.07 Å².